The van der Waals surface area contributed by atoms with Crippen LogP contribution in [0.25, 0.3) is 0 Å². The van der Waals surface area contributed by atoms with E-state index in [1.165, 1.54) is 14.0 Å². The zero-order valence-corrected chi connectivity index (χ0v) is 10.0. The minimum absolute atomic E-state index is 0.541. The molecule has 1 amide bonds. The molecule has 1 rings (SSSR count). The molecule has 1 aliphatic rings. The number of ether oxygens (including phenoxy) is 2. The van der Waals surface area contributed by atoms with Crippen molar-refractivity contribution in [3.8, 4) is 0 Å². The molecule has 0 aromatic carbocycles. The van der Waals surface area contributed by atoms with E-state index in [2.05, 4.69) is 5.32 Å². The highest BCUT2D eigenvalue weighted by Gasteiger charge is 2.43. The van der Waals surface area contributed by atoms with Crippen LogP contribution in [0, 0.1) is 0 Å². The van der Waals surface area contributed by atoms with Gasteiger partial charge in [-0.1, -0.05) is 0 Å². The summed E-state index contributed by atoms with van der Waals surface area (Å²) in [5.41, 5.74) is 0. The Morgan fingerprint density at radius 2 is 2.00 bits per heavy atom. The number of aliphatic hydroxyl groups is 3. The number of carbonyl (C=O) groups is 1. The van der Waals surface area contributed by atoms with Crippen LogP contribution >= 0.6 is 0 Å². The van der Waals surface area contributed by atoms with Crippen LogP contribution in [0.3, 0.4) is 0 Å². The second kappa shape index (κ2) is 5.74. The highest BCUT2D eigenvalue weighted by molar-refractivity contribution is 5.80. The van der Waals surface area contributed by atoms with Gasteiger partial charge in [0, 0.05) is 7.11 Å². The molecule has 1 heterocycles. The van der Waals surface area contributed by atoms with Crippen molar-refractivity contribution in [2.24, 2.45) is 0 Å². The molecule has 1 aliphatic heterocycles. The fourth-order valence-corrected chi connectivity index (χ4v) is 1.71. The molecule has 0 spiro atoms. The number of nitrogens with one attached hydrogen (secondary N) is 1. The Hall–Kier alpha value is -0.730. The van der Waals surface area contributed by atoms with Crippen LogP contribution in [0.1, 0.15) is 13.8 Å². The van der Waals surface area contributed by atoms with Gasteiger partial charge in [-0.15, -0.1) is 0 Å². The van der Waals surface area contributed by atoms with E-state index in [-0.39, 0.29) is 0 Å². The summed E-state index contributed by atoms with van der Waals surface area (Å²) in [5, 5.41) is 31.0. The molecule has 7 nitrogen and oxygen atoms in total. The summed E-state index contributed by atoms with van der Waals surface area (Å²) in [7, 11) is 1.35. The number of carbonyl (C=O) groups excluding carboxylic acids is 1. The highest BCUT2D eigenvalue weighted by Crippen LogP contribution is 2.21. The van der Waals surface area contributed by atoms with Crippen molar-refractivity contribution in [3.05, 3.63) is 0 Å². The number of hydrogen-bond donors (Lipinski definition) is 4. The Morgan fingerprint density at radius 3 is 2.47 bits per heavy atom. The van der Waals surface area contributed by atoms with Gasteiger partial charge in [-0.3, -0.25) is 4.79 Å². The molecule has 0 aliphatic carbocycles. The predicted octanol–water partition coefficient (Wildman–Crippen LogP) is -2.03. The number of hydrogen-bond acceptors (Lipinski definition) is 6. The minimum Gasteiger partial charge on any atom is -0.388 e. The minimum atomic E-state index is -1.25. The lowest BCUT2D eigenvalue weighted by Gasteiger charge is -2.41. The van der Waals surface area contributed by atoms with Crippen LogP contribution in [0.4, 0.5) is 0 Å². The van der Waals surface area contributed by atoms with Crippen molar-refractivity contribution in [1.29, 1.82) is 0 Å². The molecule has 0 unspecified atom stereocenters. The Balaban J connectivity index is 2.69. The highest BCUT2D eigenvalue weighted by atomic mass is 16.7. The fraction of sp³-hybridized carbons (Fsp3) is 0.900. The van der Waals surface area contributed by atoms with Crippen LogP contribution in [0.5, 0.6) is 0 Å². The monoisotopic (exact) mass is 249 g/mol. The molecule has 1 saturated heterocycles. The molecule has 100 valence electrons. The molecule has 4 N–H and O–H groups in total. The van der Waals surface area contributed by atoms with Crippen molar-refractivity contribution in [3.63, 3.8) is 0 Å². The molecule has 0 aromatic rings. The average Bonchev–Trinajstić information content (AvgIpc) is 2.28. The van der Waals surface area contributed by atoms with Gasteiger partial charge < -0.3 is 30.1 Å². The molecule has 6 atom stereocenters. The maximum atomic E-state index is 11.3. The summed E-state index contributed by atoms with van der Waals surface area (Å²) in [6.07, 6.45) is -5.13. The summed E-state index contributed by atoms with van der Waals surface area (Å²) < 4.78 is 10.1. The second-order valence-corrected chi connectivity index (χ2v) is 4.14. The van der Waals surface area contributed by atoms with Crippen LogP contribution in [0.2, 0.25) is 0 Å². The predicted molar refractivity (Wildman–Crippen MR) is 57.0 cm³/mol. The molecular weight excluding hydrogens is 230 g/mol. The van der Waals surface area contributed by atoms with E-state index in [9.17, 15) is 15.0 Å². The molecule has 0 radical (unpaired) electrons. The fourth-order valence-electron chi connectivity index (χ4n) is 1.71. The van der Waals surface area contributed by atoms with Crippen molar-refractivity contribution >= 4 is 5.91 Å². The maximum absolute atomic E-state index is 11.3. The van der Waals surface area contributed by atoms with Crippen LogP contribution < -0.4 is 5.32 Å². The Kier molecular flexibility index (Phi) is 4.84. The van der Waals surface area contributed by atoms with Crippen LogP contribution in [0.15, 0.2) is 0 Å². The topological polar surface area (TPSA) is 108 Å². The Labute approximate surface area is 99.3 Å². The lowest BCUT2D eigenvalue weighted by atomic mass is 9.97. The summed E-state index contributed by atoms with van der Waals surface area (Å²) in [4.78, 5) is 11.3. The van der Waals surface area contributed by atoms with E-state index < -0.39 is 42.7 Å². The zero-order valence-electron chi connectivity index (χ0n) is 10.0. The standard InChI is InChI=1S/C10H19NO6/c1-4(12)9(15)11-6-5(2)17-10(16-3)8(14)7(6)13/h4-8,10,12-14H,1-3H3,(H,11,15)/t4-,5-,6-,7+,8+,10+/m1/s1. The summed E-state index contributed by atoms with van der Waals surface area (Å²) in [6, 6.07) is -0.793. The normalized spacial score (nSPS) is 39.8. The third-order valence-electron chi connectivity index (χ3n) is 2.77. The van der Waals surface area contributed by atoms with Crippen molar-refractivity contribution in [2.45, 2.75) is 50.6 Å². The first-order chi connectivity index (χ1) is 7.88. The SMILES string of the molecule is CO[C@H]1O[C@H](C)[C@@H](NC(=O)[C@@H](C)O)[C@H](O)[C@@H]1O. The maximum Gasteiger partial charge on any atom is 0.248 e. The quantitative estimate of drug-likeness (QED) is 0.459. The average molecular weight is 249 g/mol. The smallest absolute Gasteiger partial charge is 0.248 e. The molecule has 0 aromatic heterocycles. The lowest BCUT2D eigenvalue weighted by Crippen LogP contribution is -2.63. The van der Waals surface area contributed by atoms with Gasteiger partial charge in [0.2, 0.25) is 5.91 Å². The van der Waals surface area contributed by atoms with Gasteiger partial charge in [-0.2, -0.15) is 0 Å². The number of amides is 1. The van der Waals surface area contributed by atoms with E-state index in [0.717, 1.165) is 0 Å². The second-order valence-electron chi connectivity index (χ2n) is 4.14. The van der Waals surface area contributed by atoms with Gasteiger partial charge in [0.05, 0.1) is 12.1 Å². The van der Waals surface area contributed by atoms with Crippen LogP contribution in [-0.4, -0.2) is 65.1 Å². The first-order valence-electron chi connectivity index (χ1n) is 5.41. The van der Waals surface area contributed by atoms with Gasteiger partial charge in [0.25, 0.3) is 0 Å². The summed E-state index contributed by atoms with van der Waals surface area (Å²) >= 11 is 0. The van der Waals surface area contributed by atoms with Crippen LogP contribution in [-0.2, 0) is 14.3 Å². The first kappa shape index (κ1) is 14.3. The van der Waals surface area contributed by atoms with Crippen molar-refractivity contribution in [2.75, 3.05) is 7.11 Å². The van der Waals surface area contributed by atoms with E-state index in [1.54, 1.807) is 6.92 Å². The molecule has 17 heavy (non-hydrogen) atoms. The molecule has 1 fully saturated rings. The van der Waals surface area contributed by atoms with E-state index in [0.29, 0.717) is 0 Å². The Morgan fingerprint density at radius 1 is 1.41 bits per heavy atom. The van der Waals surface area contributed by atoms with Gasteiger partial charge in [0.15, 0.2) is 6.29 Å². The lowest BCUT2D eigenvalue weighted by molar-refractivity contribution is -0.263. The molecule has 0 bridgehead atoms. The van der Waals surface area contributed by atoms with Crippen molar-refractivity contribution < 1.29 is 29.6 Å². The van der Waals surface area contributed by atoms with E-state index >= 15 is 0 Å². The molecule has 0 saturated carbocycles. The van der Waals surface area contributed by atoms with E-state index in [4.69, 9.17) is 14.6 Å². The van der Waals surface area contributed by atoms with E-state index in [1.807, 2.05) is 0 Å². The largest absolute Gasteiger partial charge is 0.388 e. The first-order valence-corrected chi connectivity index (χ1v) is 5.41. The summed E-state index contributed by atoms with van der Waals surface area (Å²) in [5.74, 6) is -0.632. The molecular formula is C10H19NO6. The van der Waals surface area contributed by atoms with Gasteiger partial charge in [-0.05, 0) is 13.8 Å². The third-order valence-corrected chi connectivity index (χ3v) is 2.77. The summed E-state index contributed by atoms with van der Waals surface area (Å²) in [6.45, 7) is 2.94. The molecule has 7 heteroatoms. The number of methoxy groups -OCH3 is 1. The number of aliphatic hydroxyl groups excluding tert-OH is 3. The third kappa shape index (κ3) is 3.14. The van der Waals surface area contributed by atoms with Gasteiger partial charge in [0.1, 0.15) is 18.3 Å². The van der Waals surface area contributed by atoms with Gasteiger partial charge >= 0.3 is 0 Å². The number of rotatable bonds is 3. The Bertz CT molecular complexity index is 272. The zero-order chi connectivity index (χ0) is 13.2. The van der Waals surface area contributed by atoms with Crippen molar-refractivity contribution in [1.82, 2.24) is 5.32 Å². The van der Waals surface area contributed by atoms with Gasteiger partial charge in [-0.25, -0.2) is 0 Å².